The Morgan fingerprint density at radius 1 is 1.33 bits per heavy atom. The summed E-state index contributed by atoms with van der Waals surface area (Å²) in [5, 5.41) is 7.92. The average Bonchev–Trinajstić information content (AvgIpc) is 3.12. The Kier molecular flexibility index (Phi) is 3.91. The van der Waals surface area contributed by atoms with E-state index in [9.17, 15) is 4.79 Å². The van der Waals surface area contributed by atoms with Crippen LogP contribution in [0.4, 0.5) is 0 Å². The minimum atomic E-state index is -0.0208. The average molecular weight is 325 g/mol. The zero-order valence-corrected chi connectivity index (χ0v) is 12.9. The molecule has 0 spiro atoms. The topological polar surface area (TPSA) is 55.1 Å². The van der Waals surface area contributed by atoms with Crippen molar-refractivity contribution < 1.29 is 9.32 Å². The van der Waals surface area contributed by atoms with Crippen LogP contribution in [0.25, 0.3) is 0 Å². The summed E-state index contributed by atoms with van der Waals surface area (Å²) in [6.07, 6.45) is 0.820. The molecule has 1 aliphatic rings. The first-order valence-corrected chi connectivity index (χ1v) is 7.44. The smallest absolute Gasteiger partial charge is 0.224 e. The Morgan fingerprint density at radius 3 is 2.67 bits per heavy atom. The second kappa shape index (κ2) is 5.70. The van der Waals surface area contributed by atoms with Crippen molar-refractivity contribution in [2.45, 2.75) is 25.8 Å². The van der Waals surface area contributed by atoms with E-state index >= 15 is 0 Å². The first-order chi connectivity index (χ1) is 10.0. The van der Waals surface area contributed by atoms with Crippen molar-refractivity contribution in [3.63, 3.8) is 0 Å². The fraction of sp³-hybridized carbons (Fsp3) is 0.333. The van der Waals surface area contributed by atoms with Gasteiger partial charge in [-0.3, -0.25) is 4.79 Å². The molecule has 1 aromatic carbocycles. The highest BCUT2D eigenvalue weighted by Crippen LogP contribution is 2.48. The molecule has 21 heavy (non-hydrogen) atoms. The van der Waals surface area contributed by atoms with Crippen LogP contribution in [0.3, 0.4) is 0 Å². The molecule has 1 amide bonds. The lowest BCUT2D eigenvalue weighted by atomic mass is 10.1. The monoisotopic (exact) mass is 324 g/mol. The van der Waals surface area contributed by atoms with Gasteiger partial charge in [0.15, 0.2) is 0 Å². The summed E-state index contributed by atoms with van der Waals surface area (Å²) in [6, 6.07) is 7.23. The lowest BCUT2D eigenvalue weighted by Gasteiger charge is -2.04. The minimum Gasteiger partial charge on any atom is -0.361 e. The number of carbonyl (C=O) groups excluding carboxylic acids is 1. The Morgan fingerprint density at radius 2 is 2.05 bits per heavy atom. The third-order valence-electron chi connectivity index (χ3n) is 3.56. The quantitative estimate of drug-likeness (QED) is 0.932. The van der Waals surface area contributed by atoms with Crippen molar-refractivity contribution in [1.29, 1.82) is 0 Å². The van der Waals surface area contributed by atoms with E-state index in [4.69, 9.17) is 27.7 Å². The largest absolute Gasteiger partial charge is 0.361 e. The summed E-state index contributed by atoms with van der Waals surface area (Å²) in [5.74, 6) is 0.932. The second-order valence-electron chi connectivity index (χ2n) is 5.30. The second-order valence-corrected chi connectivity index (χ2v) is 6.17. The Bertz CT molecular complexity index is 664. The molecule has 2 atom stereocenters. The van der Waals surface area contributed by atoms with Gasteiger partial charge < -0.3 is 9.84 Å². The summed E-state index contributed by atoms with van der Waals surface area (Å²) < 4.78 is 4.96. The summed E-state index contributed by atoms with van der Waals surface area (Å²) in [5.41, 5.74) is 1.74. The molecule has 0 unspecified atom stereocenters. The predicted molar refractivity (Wildman–Crippen MR) is 80.4 cm³/mol. The summed E-state index contributed by atoms with van der Waals surface area (Å²) in [4.78, 5) is 12.1. The molecule has 1 aromatic heterocycles. The fourth-order valence-corrected chi connectivity index (χ4v) is 3.00. The maximum Gasteiger partial charge on any atom is 0.224 e. The number of halogens is 2. The van der Waals surface area contributed by atoms with E-state index in [2.05, 4.69) is 10.5 Å². The van der Waals surface area contributed by atoms with Crippen molar-refractivity contribution in [3.05, 3.63) is 51.3 Å². The van der Waals surface area contributed by atoms with Crippen molar-refractivity contribution in [3.8, 4) is 0 Å². The molecule has 1 aliphatic carbocycles. The summed E-state index contributed by atoms with van der Waals surface area (Å²) >= 11 is 12.0. The van der Waals surface area contributed by atoms with Crippen LogP contribution in [0.2, 0.25) is 10.0 Å². The molecule has 110 valence electrons. The predicted octanol–water partition coefficient (Wildman–Crippen LogP) is 3.71. The maximum absolute atomic E-state index is 12.1. The van der Waals surface area contributed by atoms with Gasteiger partial charge in [-0.1, -0.05) is 28.4 Å². The normalized spacial score (nSPS) is 20.3. The van der Waals surface area contributed by atoms with E-state index in [1.54, 1.807) is 12.1 Å². The molecule has 4 nitrogen and oxygen atoms in total. The van der Waals surface area contributed by atoms with E-state index < -0.39 is 0 Å². The molecule has 0 saturated heterocycles. The highest BCUT2D eigenvalue weighted by Gasteiger charge is 2.44. The van der Waals surface area contributed by atoms with Gasteiger partial charge in [-0.15, -0.1) is 0 Å². The molecule has 1 N–H and O–H groups in total. The van der Waals surface area contributed by atoms with Gasteiger partial charge in [0, 0.05) is 22.0 Å². The highest BCUT2D eigenvalue weighted by molar-refractivity contribution is 6.34. The van der Waals surface area contributed by atoms with Crippen LogP contribution >= 0.6 is 23.2 Å². The number of hydrogen-bond donors (Lipinski definition) is 1. The molecule has 1 saturated carbocycles. The van der Waals surface area contributed by atoms with Crippen LogP contribution in [-0.2, 0) is 11.3 Å². The number of aromatic nitrogens is 1. The summed E-state index contributed by atoms with van der Waals surface area (Å²) in [6.45, 7) is 2.20. The number of nitrogens with zero attached hydrogens (tertiary/aromatic N) is 1. The number of benzene rings is 1. The number of aryl methyl sites for hydroxylation is 1. The number of nitrogens with one attached hydrogen (secondary N) is 1. The van der Waals surface area contributed by atoms with Crippen molar-refractivity contribution in [2.24, 2.45) is 5.92 Å². The van der Waals surface area contributed by atoms with Gasteiger partial charge in [0.1, 0.15) is 11.5 Å². The van der Waals surface area contributed by atoms with Crippen LogP contribution in [0.15, 0.2) is 28.8 Å². The van der Waals surface area contributed by atoms with E-state index in [-0.39, 0.29) is 17.7 Å². The van der Waals surface area contributed by atoms with Gasteiger partial charge in [-0.2, -0.15) is 0 Å². The molecule has 6 heteroatoms. The zero-order valence-electron chi connectivity index (χ0n) is 11.4. The maximum atomic E-state index is 12.1. The summed E-state index contributed by atoms with van der Waals surface area (Å²) in [7, 11) is 0. The van der Waals surface area contributed by atoms with E-state index in [1.165, 1.54) is 0 Å². The van der Waals surface area contributed by atoms with E-state index in [0.717, 1.165) is 23.4 Å². The first kappa shape index (κ1) is 14.4. The van der Waals surface area contributed by atoms with Gasteiger partial charge in [-0.05, 0) is 43.0 Å². The lowest BCUT2D eigenvalue weighted by molar-refractivity contribution is -0.122. The number of amides is 1. The molecule has 0 radical (unpaired) electrons. The SMILES string of the molecule is Cc1cc(CNC(=O)[C@@H]2C[C@@H]2c2cc(Cl)cc(Cl)c2)no1. The van der Waals surface area contributed by atoms with Gasteiger partial charge >= 0.3 is 0 Å². The van der Waals surface area contributed by atoms with Gasteiger partial charge in [-0.25, -0.2) is 0 Å². The van der Waals surface area contributed by atoms with Crippen LogP contribution in [0, 0.1) is 12.8 Å². The minimum absolute atomic E-state index is 0.0208. The standard InChI is InChI=1S/C15H14Cl2N2O2/c1-8-2-12(19-21-8)7-18-15(20)14-6-13(14)9-3-10(16)5-11(17)4-9/h2-5,13-14H,6-7H2,1H3,(H,18,20)/t13-,14-/m1/s1. The third kappa shape index (κ3) is 3.39. The number of rotatable bonds is 4. The molecule has 0 bridgehead atoms. The highest BCUT2D eigenvalue weighted by atomic mass is 35.5. The Balaban J connectivity index is 1.58. The Hall–Kier alpha value is -1.52. The number of carbonyl (C=O) groups is 1. The molecular weight excluding hydrogens is 311 g/mol. The van der Waals surface area contributed by atoms with Crippen LogP contribution < -0.4 is 5.32 Å². The molecule has 0 aliphatic heterocycles. The van der Waals surface area contributed by atoms with Gasteiger partial charge in [0.25, 0.3) is 0 Å². The van der Waals surface area contributed by atoms with Crippen molar-refractivity contribution in [1.82, 2.24) is 10.5 Å². The molecule has 3 rings (SSSR count). The first-order valence-electron chi connectivity index (χ1n) is 6.69. The zero-order chi connectivity index (χ0) is 15.0. The molecular formula is C15H14Cl2N2O2. The fourth-order valence-electron chi connectivity index (χ4n) is 2.45. The number of hydrogen-bond acceptors (Lipinski definition) is 3. The molecule has 1 heterocycles. The van der Waals surface area contributed by atoms with Gasteiger partial charge in [0.2, 0.25) is 5.91 Å². The Labute approximate surface area is 132 Å². The van der Waals surface area contributed by atoms with Crippen molar-refractivity contribution in [2.75, 3.05) is 0 Å². The van der Waals surface area contributed by atoms with Gasteiger partial charge in [0.05, 0.1) is 6.54 Å². The van der Waals surface area contributed by atoms with E-state index in [0.29, 0.717) is 16.6 Å². The van der Waals surface area contributed by atoms with E-state index in [1.807, 2.05) is 19.1 Å². The molecule has 2 aromatic rings. The van der Waals surface area contributed by atoms with Crippen LogP contribution in [0.1, 0.15) is 29.4 Å². The lowest BCUT2D eigenvalue weighted by Crippen LogP contribution is -2.25. The van der Waals surface area contributed by atoms with Crippen LogP contribution in [-0.4, -0.2) is 11.1 Å². The third-order valence-corrected chi connectivity index (χ3v) is 4.00. The van der Waals surface area contributed by atoms with Crippen LogP contribution in [0.5, 0.6) is 0 Å². The molecule has 1 fully saturated rings. The van der Waals surface area contributed by atoms with Crippen molar-refractivity contribution >= 4 is 29.1 Å².